The third-order valence-corrected chi connectivity index (χ3v) is 2.94. The normalized spacial score (nSPS) is 10.9. The van der Waals surface area contributed by atoms with Crippen LogP contribution in [0.2, 0.25) is 0 Å². The molecule has 0 saturated carbocycles. The van der Waals surface area contributed by atoms with Crippen LogP contribution in [0.15, 0.2) is 12.3 Å². The van der Waals surface area contributed by atoms with Crippen molar-refractivity contribution >= 4 is 0 Å². The van der Waals surface area contributed by atoms with Crippen molar-refractivity contribution in [1.29, 1.82) is 0 Å². The molecule has 0 aromatic carbocycles. The minimum absolute atomic E-state index is 1.06. The van der Waals surface area contributed by atoms with Gasteiger partial charge in [0, 0.05) is 31.9 Å². The van der Waals surface area contributed by atoms with Crippen molar-refractivity contribution in [2.24, 2.45) is 7.05 Å². The zero-order valence-electron chi connectivity index (χ0n) is 10.7. The molecule has 92 valence electrons. The Hall–Kier alpha value is -0.830. The van der Waals surface area contributed by atoms with Gasteiger partial charge < -0.3 is 5.32 Å². The van der Waals surface area contributed by atoms with Gasteiger partial charge in [0.25, 0.3) is 0 Å². The Labute approximate surface area is 99.2 Å². The number of hydrogen-bond acceptors (Lipinski definition) is 2. The van der Waals surface area contributed by atoms with Gasteiger partial charge >= 0.3 is 0 Å². The SMILES string of the molecule is CCCCCCCNCCc1ccnn1C. The quantitative estimate of drug-likeness (QED) is 0.652. The highest BCUT2D eigenvalue weighted by Gasteiger charge is 1.97. The number of nitrogens with zero attached hydrogens (tertiary/aromatic N) is 2. The largest absolute Gasteiger partial charge is 0.316 e. The second-order valence-corrected chi connectivity index (χ2v) is 4.36. The van der Waals surface area contributed by atoms with Crippen molar-refractivity contribution in [3.05, 3.63) is 18.0 Å². The topological polar surface area (TPSA) is 29.9 Å². The van der Waals surface area contributed by atoms with Gasteiger partial charge in [-0.15, -0.1) is 0 Å². The van der Waals surface area contributed by atoms with Crippen LogP contribution in [-0.2, 0) is 13.5 Å². The zero-order chi connectivity index (χ0) is 11.6. The molecule has 1 aromatic heterocycles. The molecule has 0 aliphatic heterocycles. The molecule has 0 atom stereocenters. The van der Waals surface area contributed by atoms with Gasteiger partial charge in [-0.1, -0.05) is 32.6 Å². The average molecular weight is 223 g/mol. The Morgan fingerprint density at radius 1 is 1.19 bits per heavy atom. The first-order valence-corrected chi connectivity index (χ1v) is 6.52. The van der Waals surface area contributed by atoms with Crippen LogP contribution in [-0.4, -0.2) is 22.9 Å². The highest BCUT2D eigenvalue weighted by Crippen LogP contribution is 2.01. The number of hydrogen-bond donors (Lipinski definition) is 1. The van der Waals surface area contributed by atoms with E-state index in [1.165, 1.54) is 37.8 Å². The van der Waals surface area contributed by atoms with Crippen molar-refractivity contribution in [3.63, 3.8) is 0 Å². The number of rotatable bonds is 9. The summed E-state index contributed by atoms with van der Waals surface area (Å²) < 4.78 is 1.95. The number of nitrogens with one attached hydrogen (secondary N) is 1. The maximum absolute atomic E-state index is 4.15. The van der Waals surface area contributed by atoms with Gasteiger partial charge in [-0.2, -0.15) is 5.10 Å². The fourth-order valence-electron chi connectivity index (χ4n) is 1.84. The summed E-state index contributed by atoms with van der Waals surface area (Å²) >= 11 is 0. The minimum atomic E-state index is 1.06. The molecule has 0 aliphatic carbocycles. The summed E-state index contributed by atoms with van der Waals surface area (Å²) in [5.74, 6) is 0. The van der Waals surface area contributed by atoms with Crippen LogP contribution in [0, 0.1) is 0 Å². The van der Waals surface area contributed by atoms with Crippen molar-refractivity contribution < 1.29 is 0 Å². The van der Waals surface area contributed by atoms with E-state index in [1.807, 2.05) is 17.9 Å². The molecule has 1 N–H and O–H groups in total. The summed E-state index contributed by atoms with van der Waals surface area (Å²) in [5, 5.41) is 7.64. The van der Waals surface area contributed by atoms with Crippen LogP contribution in [0.5, 0.6) is 0 Å². The molecule has 0 saturated heterocycles. The molecule has 0 aliphatic rings. The van der Waals surface area contributed by atoms with Crippen LogP contribution in [0.25, 0.3) is 0 Å². The first-order chi connectivity index (χ1) is 7.84. The molecule has 0 radical (unpaired) electrons. The van der Waals surface area contributed by atoms with E-state index in [9.17, 15) is 0 Å². The fourth-order valence-corrected chi connectivity index (χ4v) is 1.84. The molecular formula is C13H25N3. The summed E-state index contributed by atoms with van der Waals surface area (Å²) in [6, 6.07) is 2.09. The van der Waals surface area contributed by atoms with E-state index in [1.54, 1.807) is 0 Å². The van der Waals surface area contributed by atoms with E-state index in [0.29, 0.717) is 0 Å². The highest BCUT2D eigenvalue weighted by atomic mass is 15.3. The third kappa shape index (κ3) is 5.31. The Morgan fingerprint density at radius 3 is 2.69 bits per heavy atom. The van der Waals surface area contributed by atoms with Crippen molar-refractivity contribution in [1.82, 2.24) is 15.1 Å². The summed E-state index contributed by atoms with van der Waals surface area (Å²) in [5.41, 5.74) is 1.30. The van der Waals surface area contributed by atoms with E-state index >= 15 is 0 Å². The lowest BCUT2D eigenvalue weighted by molar-refractivity contribution is 0.577. The van der Waals surface area contributed by atoms with Gasteiger partial charge in [-0.05, 0) is 19.0 Å². The van der Waals surface area contributed by atoms with E-state index in [4.69, 9.17) is 0 Å². The van der Waals surface area contributed by atoms with E-state index in [0.717, 1.165) is 19.5 Å². The van der Waals surface area contributed by atoms with Crippen molar-refractivity contribution in [2.75, 3.05) is 13.1 Å². The monoisotopic (exact) mass is 223 g/mol. The first-order valence-electron chi connectivity index (χ1n) is 6.52. The standard InChI is InChI=1S/C13H25N3/c1-3-4-5-6-7-10-14-11-8-13-9-12-15-16(13)2/h9,12,14H,3-8,10-11H2,1-2H3. The fraction of sp³-hybridized carbons (Fsp3) is 0.769. The highest BCUT2D eigenvalue weighted by molar-refractivity contribution is 5.00. The summed E-state index contributed by atoms with van der Waals surface area (Å²) in [6.45, 7) is 4.47. The second kappa shape index (κ2) is 8.34. The van der Waals surface area contributed by atoms with Gasteiger partial charge in [0.2, 0.25) is 0 Å². The van der Waals surface area contributed by atoms with Crippen molar-refractivity contribution in [2.45, 2.75) is 45.4 Å². The summed E-state index contributed by atoms with van der Waals surface area (Å²) in [7, 11) is 2.00. The van der Waals surface area contributed by atoms with Gasteiger partial charge in [-0.3, -0.25) is 4.68 Å². The molecule has 0 spiro atoms. The van der Waals surface area contributed by atoms with Gasteiger partial charge in [0.1, 0.15) is 0 Å². The number of unbranched alkanes of at least 4 members (excludes halogenated alkanes) is 4. The zero-order valence-corrected chi connectivity index (χ0v) is 10.7. The lowest BCUT2D eigenvalue weighted by Gasteiger charge is -2.05. The van der Waals surface area contributed by atoms with Gasteiger partial charge in [-0.25, -0.2) is 0 Å². The van der Waals surface area contributed by atoms with E-state index in [-0.39, 0.29) is 0 Å². The smallest absolute Gasteiger partial charge is 0.0492 e. The second-order valence-electron chi connectivity index (χ2n) is 4.36. The first kappa shape index (κ1) is 13.2. The lowest BCUT2D eigenvalue weighted by atomic mass is 10.1. The molecule has 0 unspecified atom stereocenters. The molecule has 3 heteroatoms. The van der Waals surface area contributed by atoms with E-state index in [2.05, 4.69) is 23.4 Å². The lowest BCUT2D eigenvalue weighted by Crippen LogP contribution is -2.19. The Kier molecular flexibility index (Phi) is 6.90. The third-order valence-electron chi connectivity index (χ3n) is 2.94. The Morgan fingerprint density at radius 2 is 2.00 bits per heavy atom. The molecule has 3 nitrogen and oxygen atoms in total. The van der Waals surface area contributed by atoms with Gasteiger partial charge in [0.15, 0.2) is 0 Å². The van der Waals surface area contributed by atoms with Crippen LogP contribution in [0.1, 0.15) is 44.7 Å². The predicted octanol–water partition coefficient (Wildman–Crippen LogP) is 2.52. The van der Waals surface area contributed by atoms with Crippen LogP contribution < -0.4 is 5.32 Å². The molecule has 16 heavy (non-hydrogen) atoms. The average Bonchev–Trinajstić information content (AvgIpc) is 2.68. The predicted molar refractivity (Wildman–Crippen MR) is 68.5 cm³/mol. The van der Waals surface area contributed by atoms with Gasteiger partial charge in [0.05, 0.1) is 0 Å². The summed E-state index contributed by atoms with van der Waals surface area (Å²) in [4.78, 5) is 0. The Balaban J connectivity index is 1.91. The van der Waals surface area contributed by atoms with Crippen molar-refractivity contribution in [3.8, 4) is 0 Å². The molecule has 1 heterocycles. The molecule has 0 amide bonds. The molecule has 0 bridgehead atoms. The van der Waals surface area contributed by atoms with Crippen LogP contribution >= 0.6 is 0 Å². The minimum Gasteiger partial charge on any atom is -0.316 e. The maximum atomic E-state index is 4.15. The molecular weight excluding hydrogens is 198 g/mol. The molecule has 0 fully saturated rings. The number of aromatic nitrogens is 2. The molecule has 1 aromatic rings. The maximum Gasteiger partial charge on any atom is 0.0492 e. The van der Waals surface area contributed by atoms with Crippen LogP contribution in [0.3, 0.4) is 0 Å². The van der Waals surface area contributed by atoms with E-state index < -0.39 is 0 Å². The van der Waals surface area contributed by atoms with Crippen LogP contribution in [0.4, 0.5) is 0 Å². The number of aryl methyl sites for hydroxylation is 1. The summed E-state index contributed by atoms with van der Waals surface area (Å²) in [6.07, 6.45) is 9.71. The Bertz CT molecular complexity index is 268. The molecule has 1 rings (SSSR count).